The van der Waals surface area contributed by atoms with E-state index in [0.29, 0.717) is 5.56 Å². The molecule has 1 aromatic heterocycles. The fourth-order valence-corrected chi connectivity index (χ4v) is 2.25. The molecule has 2 rings (SSSR count). The number of nitrogens with zero attached hydrogens (tertiary/aromatic N) is 3. The summed E-state index contributed by atoms with van der Waals surface area (Å²) in [5.74, 6) is 0.109. The molecule has 0 unspecified atom stereocenters. The number of aromatic nitrogens is 2. The third-order valence-electron chi connectivity index (χ3n) is 3.23. The molecule has 2 heterocycles. The maximum atomic E-state index is 12.3. The van der Waals surface area contributed by atoms with Crippen LogP contribution in [-0.2, 0) is 6.54 Å². The van der Waals surface area contributed by atoms with Crippen LogP contribution in [0.15, 0.2) is 6.20 Å². The van der Waals surface area contributed by atoms with Gasteiger partial charge in [0.05, 0.1) is 6.54 Å². The minimum absolute atomic E-state index is 0.0838. The number of nitrogens with two attached hydrogens (primary N) is 1. The molecule has 5 nitrogen and oxygen atoms in total. The number of halogens is 1. The maximum absolute atomic E-state index is 12.3. The number of likely N-dealkylation sites (tertiary alicyclic amines) is 1. The van der Waals surface area contributed by atoms with Crippen LogP contribution >= 0.6 is 0 Å². The molecule has 1 fully saturated rings. The molecule has 6 heteroatoms. The quantitative estimate of drug-likeness (QED) is 0.888. The second-order valence-electron chi connectivity index (χ2n) is 4.59. The lowest BCUT2D eigenvalue weighted by atomic mass is 10.2. The van der Waals surface area contributed by atoms with Crippen molar-refractivity contribution in [3.8, 4) is 0 Å². The summed E-state index contributed by atoms with van der Waals surface area (Å²) in [4.78, 5) is 14.1. The van der Waals surface area contributed by atoms with E-state index in [2.05, 4.69) is 5.10 Å². The molecule has 0 bridgehead atoms. The van der Waals surface area contributed by atoms with Gasteiger partial charge in [-0.3, -0.25) is 9.48 Å². The first-order chi connectivity index (χ1) is 8.72. The van der Waals surface area contributed by atoms with Crippen LogP contribution in [0, 0.1) is 0 Å². The predicted molar refractivity (Wildman–Crippen MR) is 67.0 cm³/mol. The summed E-state index contributed by atoms with van der Waals surface area (Å²) < 4.78 is 13.6. The van der Waals surface area contributed by atoms with E-state index in [1.54, 1.807) is 6.20 Å². The first-order valence-corrected chi connectivity index (χ1v) is 6.40. The summed E-state index contributed by atoms with van der Waals surface area (Å²) in [7, 11) is 0. The lowest BCUT2D eigenvalue weighted by Gasteiger charge is -2.19. The summed E-state index contributed by atoms with van der Waals surface area (Å²) in [5, 5.41) is 3.95. The largest absolute Gasteiger partial charge is 0.382 e. The molecule has 100 valence electrons. The summed E-state index contributed by atoms with van der Waals surface area (Å²) in [6, 6.07) is 0. The third-order valence-corrected chi connectivity index (χ3v) is 3.23. The van der Waals surface area contributed by atoms with E-state index in [-0.39, 0.29) is 18.3 Å². The number of hydrogen-bond acceptors (Lipinski definition) is 3. The van der Waals surface area contributed by atoms with Crippen LogP contribution in [0.1, 0.15) is 36.0 Å². The average Bonchev–Trinajstić information content (AvgIpc) is 2.57. The van der Waals surface area contributed by atoms with Crippen LogP contribution in [0.4, 0.5) is 10.2 Å². The van der Waals surface area contributed by atoms with Crippen LogP contribution in [0.5, 0.6) is 0 Å². The van der Waals surface area contributed by atoms with Gasteiger partial charge in [-0.1, -0.05) is 12.8 Å². The first kappa shape index (κ1) is 12.9. The van der Waals surface area contributed by atoms with Gasteiger partial charge in [0.25, 0.3) is 5.91 Å². The van der Waals surface area contributed by atoms with E-state index in [0.717, 1.165) is 25.9 Å². The number of rotatable bonds is 3. The standard InChI is InChI=1S/C12H19FN4O/c13-5-8-17-9-10(11(14)15-17)12(18)16-6-3-1-2-4-7-16/h9H,1-8H2,(H2,14,15). The molecular weight excluding hydrogens is 235 g/mol. The van der Waals surface area contributed by atoms with Gasteiger partial charge in [-0.15, -0.1) is 0 Å². The Kier molecular flexibility index (Phi) is 4.17. The van der Waals surface area contributed by atoms with Crippen molar-refractivity contribution in [1.29, 1.82) is 0 Å². The number of hydrogen-bond donors (Lipinski definition) is 1. The minimum atomic E-state index is -0.515. The van der Waals surface area contributed by atoms with E-state index >= 15 is 0 Å². The van der Waals surface area contributed by atoms with Crippen molar-refractivity contribution in [2.45, 2.75) is 32.2 Å². The zero-order valence-corrected chi connectivity index (χ0v) is 10.4. The molecule has 1 aliphatic rings. The average molecular weight is 254 g/mol. The Morgan fingerprint density at radius 1 is 1.33 bits per heavy atom. The van der Waals surface area contributed by atoms with Crippen molar-refractivity contribution in [3.05, 3.63) is 11.8 Å². The van der Waals surface area contributed by atoms with Gasteiger partial charge in [-0.25, -0.2) is 4.39 Å². The molecule has 0 aliphatic carbocycles. The molecule has 0 radical (unpaired) electrons. The SMILES string of the molecule is Nc1nn(CCF)cc1C(=O)N1CCCCCC1. The van der Waals surface area contributed by atoms with Gasteiger partial charge >= 0.3 is 0 Å². The fraction of sp³-hybridized carbons (Fsp3) is 0.667. The molecule has 1 aromatic rings. The van der Waals surface area contributed by atoms with Crippen molar-refractivity contribution < 1.29 is 9.18 Å². The zero-order valence-electron chi connectivity index (χ0n) is 10.4. The first-order valence-electron chi connectivity index (χ1n) is 6.40. The highest BCUT2D eigenvalue weighted by Gasteiger charge is 2.21. The molecule has 1 aliphatic heterocycles. The number of amides is 1. The summed E-state index contributed by atoms with van der Waals surface area (Å²) >= 11 is 0. The van der Waals surface area contributed by atoms with Gasteiger partial charge in [-0.05, 0) is 12.8 Å². The molecular formula is C12H19FN4O. The lowest BCUT2D eigenvalue weighted by Crippen LogP contribution is -2.32. The Labute approximate surface area is 106 Å². The molecule has 1 amide bonds. The lowest BCUT2D eigenvalue weighted by molar-refractivity contribution is 0.0762. The summed E-state index contributed by atoms with van der Waals surface area (Å²) in [6.07, 6.45) is 5.94. The number of carbonyl (C=O) groups is 1. The van der Waals surface area contributed by atoms with Crippen LogP contribution in [-0.4, -0.2) is 40.4 Å². The maximum Gasteiger partial charge on any atom is 0.259 e. The second-order valence-corrected chi connectivity index (χ2v) is 4.59. The monoisotopic (exact) mass is 254 g/mol. The Bertz CT molecular complexity index is 410. The number of aryl methyl sites for hydroxylation is 1. The van der Waals surface area contributed by atoms with Crippen LogP contribution in [0.2, 0.25) is 0 Å². The van der Waals surface area contributed by atoms with E-state index in [9.17, 15) is 9.18 Å². The minimum Gasteiger partial charge on any atom is -0.382 e. The normalized spacial score (nSPS) is 16.6. The zero-order chi connectivity index (χ0) is 13.0. The molecule has 0 atom stereocenters. The van der Waals surface area contributed by atoms with Crippen LogP contribution in [0.25, 0.3) is 0 Å². The Balaban J connectivity index is 2.11. The Morgan fingerprint density at radius 2 is 2.00 bits per heavy atom. The second kappa shape index (κ2) is 5.84. The third kappa shape index (κ3) is 2.80. The smallest absolute Gasteiger partial charge is 0.259 e. The van der Waals surface area contributed by atoms with Crippen LogP contribution in [0.3, 0.4) is 0 Å². The van der Waals surface area contributed by atoms with Gasteiger partial charge < -0.3 is 10.6 Å². The van der Waals surface area contributed by atoms with Crippen molar-refractivity contribution in [1.82, 2.24) is 14.7 Å². The molecule has 0 saturated carbocycles. The van der Waals surface area contributed by atoms with Gasteiger partial charge in [0.1, 0.15) is 12.2 Å². The van der Waals surface area contributed by atoms with Crippen molar-refractivity contribution in [3.63, 3.8) is 0 Å². The summed E-state index contributed by atoms with van der Waals surface area (Å²) in [5.41, 5.74) is 6.11. The predicted octanol–water partition coefficient (Wildman–Crippen LogP) is 1.45. The molecule has 0 spiro atoms. The van der Waals surface area contributed by atoms with E-state index < -0.39 is 6.67 Å². The van der Waals surface area contributed by atoms with Gasteiger partial charge in [0.2, 0.25) is 0 Å². The van der Waals surface area contributed by atoms with Crippen LogP contribution < -0.4 is 5.73 Å². The highest BCUT2D eigenvalue weighted by atomic mass is 19.1. The number of nitrogen functional groups attached to an aromatic ring is 1. The molecule has 0 aromatic carbocycles. The Morgan fingerprint density at radius 3 is 2.61 bits per heavy atom. The highest BCUT2D eigenvalue weighted by molar-refractivity contribution is 5.98. The van der Waals surface area contributed by atoms with E-state index in [4.69, 9.17) is 5.73 Å². The van der Waals surface area contributed by atoms with Gasteiger partial charge in [0.15, 0.2) is 5.82 Å². The number of alkyl halides is 1. The topological polar surface area (TPSA) is 64.1 Å². The fourth-order valence-electron chi connectivity index (χ4n) is 2.25. The van der Waals surface area contributed by atoms with Gasteiger partial charge in [-0.2, -0.15) is 5.10 Å². The molecule has 1 saturated heterocycles. The van der Waals surface area contributed by atoms with Crippen molar-refractivity contribution in [2.75, 3.05) is 25.5 Å². The number of anilines is 1. The van der Waals surface area contributed by atoms with E-state index in [1.165, 1.54) is 17.5 Å². The van der Waals surface area contributed by atoms with Gasteiger partial charge in [0, 0.05) is 19.3 Å². The highest BCUT2D eigenvalue weighted by Crippen LogP contribution is 2.16. The molecule has 18 heavy (non-hydrogen) atoms. The van der Waals surface area contributed by atoms with E-state index in [1.807, 2.05) is 4.90 Å². The van der Waals surface area contributed by atoms with Crippen molar-refractivity contribution in [2.24, 2.45) is 0 Å². The van der Waals surface area contributed by atoms with Crippen molar-refractivity contribution >= 4 is 11.7 Å². The Hall–Kier alpha value is -1.59. The number of carbonyl (C=O) groups excluding carboxylic acids is 1. The molecule has 2 N–H and O–H groups in total. The summed E-state index contributed by atoms with van der Waals surface area (Å²) in [6.45, 7) is 1.16.